The number of aromatic nitrogens is 1. The standard InChI is InChI=1S/C47H57N3O9Si/c1-45(2,3)57-44(54)56-39-32-21-28(25-50-19-14-20-50)17-18-29(32)22-30-23-31-24-33-37(49(7)8)40-36(43(48-58-40)55-26-27-15-12-11-13-16-27)42(53)47(33,59-60(9,10)46(4,5)6)41(52)35(31)38(51)34(30)39/h11-13,15-18,21-22,31,33,37,51H,14,19-20,23-26H2,1-10H3/t31-,33-,37-,47-/m0/s1. The molecule has 318 valence electrons. The van der Waals surface area contributed by atoms with Crippen molar-refractivity contribution in [1.82, 2.24) is 15.0 Å². The molecule has 1 saturated heterocycles. The van der Waals surface area contributed by atoms with E-state index in [0.717, 1.165) is 42.6 Å². The van der Waals surface area contributed by atoms with Crippen LogP contribution in [0.5, 0.6) is 11.6 Å². The van der Waals surface area contributed by atoms with Crippen LogP contribution in [-0.2, 0) is 33.5 Å². The van der Waals surface area contributed by atoms with E-state index in [1.54, 1.807) is 20.8 Å². The predicted molar refractivity (Wildman–Crippen MR) is 230 cm³/mol. The number of carbonyl (C=O) groups is 3. The minimum Gasteiger partial charge on any atom is -0.507 e. The zero-order chi connectivity index (χ0) is 43.1. The quantitative estimate of drug-likeness (QED) is 0.0744. The summed E-state index contributed by atoms with van der Waals surface area (Å²) in [6, 6.07) is 17.0. The summed E-state index contributed by atoms with van der Waals surface area (Å²) in [6.07, 6.45) is 0.859. The maximum atomic E-state index is 16.0. The number of rotatable bonds is 9. The van der Waals surface area contributed by atoms with Crippen molar-refractivity contribution in [2.75, 3.05) is 27.2 Å². The van der Waals surface area contributed by atoms with Gasteiger partial charge in [-0.2, -0.15) is 0 Å². The van der Waals surface area contributed by atoms with Crippen LogP contribution in [0.4, 0.5) is 4.79 Å². The highest BCUT2D eigenvalue weighted by molar-refractivity contribution is 6.74. The molecule has 0 spiro atoms. The Kier molecular flexibility index (Phi) is 10.4. The Morgan fingerprint density at radius 2 is 1.70 bits per heavy atom. The summed E-state index contributed by atoms with van der Waals surface area (Å²) in [5.74, 6) is -2.33. The number of aliphatic hydroxyl groups excluding tert-OH is 1. The normalized spacial score (nSPS) is 23.1. The third-order valence-electron chi connectivity index (χ3n) is 13.1. The van der Waals surface area contributed by atoms with Gasteiger partial charge in [-0.1, -0.05) is 69.3 Å². The molecule has 0 amide bonds. The molecule has 2 fully saturated rings. The van der Waals surface area contributed by atoms with Crippen molar-refractivity contribution < 1.29 is 42.6 Å². The lowest BCUT2D eigenvalue weighted by molar-refractivity contribution is -0.140. The van der Waals surface area contributed by atoms with Gasteiger partial charge in [-0.25, -0.2) is 4.79 Å². The van der Waals surface area contributed by atoms with Gasteiger partial charge < -0.3 is 28.3 Å². The number of Topliss-reactive ketones (excluding diaryl/α,β-unsaturated/α-hetero) is 2. The third kappa shape index (κ3) is 7.16. The fourth-order valence-electron chi connectivity index (χ4n) is 9.11. The van der Waals surface area contributed by atoms with Crippen molar-refractivity contribution in [2.45, 2.75) is 109 Å². The maximum absolute atomic E-state index is 16.0. The molecule has 4 aliphatic rings. The first kappa shape index (κ1) is 41.9. The van der Waals surface area contributed by atoms with E-state index < -0.39 is 60.2 Å². The van der Waals surface area contributed by atoms with E-state index in [9.17, 15) is 9.90 Å². The Morgan fingerprint density at radius 1 is 0.983 bits per heavy atom. The second kappa shape index (κ2) is 15.0. The molecule has 8 rings (SSSR count). The molecule has 13 heteroatoms. The van der Waals surface area contributed by atoms with Crippen molar-refractivity contribution in [2.24, 2.45) is 11.8 Å². The number of ketones is 2. The Hall–Kier alpha value is -4.82. The lowest BCUT2D eigenvalue weighted by Crippen LogP contribution is -2.68. The molecule has 1 N–H and O–H groups in total. The molecule has 2 heterocycles. The number of ether oxygens (including phenoxy) is 3. The SMILES string of the molecule is CN(C)[C@@H]1c2onc(OCc3ccccc3)c2C(=O)[C@@]2(O[Si](C)(C)C(C)(C)C)C(=O)C3=C(O)c4c(cc5ccc(CN6CCC6)cc5c4OC(=O)OC(C)(C)C)C[C@H]3C[C@@H]12. The molecule has 4 aromatic rings. The number of hydrogen-bond donors (Lipinski definition) is 1. The van der Waals surface area contributed by atoms with Crippen LogP contribution in [0, 0.1) is 11.8 Å². The first-order valence-corrected chi connectivity index (χ1v) is 23.9. The average molecular weight is 836 g/mol. The van der Waals surface area contributed by atoms with Crippen LogP contribution < -0.4 is 9.47 Å². The molecular formula is C47H57N3O9Si. The van der Waals surface area contributed by atoms with E-state index in [0.29, 0.717) is 29.6 Å². The molecule has 0 unspecified atom stereocenters. The molecule has 0 bridgehead atoms. The van der Waals surface area contributed by atoms with Gasteiger partial charge in [0.2, 0.25) is 11.6 Å². The number of benzene rings is 3. The second-order valence-electron chi connectivity index (χ2n) is 19.7. The zero-order valence-electron chi connectivity index (χ0n) is 36.4. The van der Waals surface area contributed by atoms with Gasteiger partial charge in [0.25, 0.3) is 5.88 Å². The fourth-order valence-corrected chi connectivity index (χ4v) is 10.6. The molecule has 0 radical (unpaired) electrons. The van der Waals surface area contributed by atoms with Gasteiger partial charge in [0.1, 0.15) is 23.5 Å². The van der Waals surface area contributed by atoms with Gasteiger partial charge in [-0.15, -0.1) is 0 Å². The summed E-state index contributed by atoms with van der Waals surface area (Å²) in [6.45, 7) is 18.3. The van der Waals surface area contributed by atoms with E-state index in [4.69, 9.17) is 23.2 Å². The highest BCUT2D eigenvalue weighted by Gasteiger charge is 2.69. The van der Waals surface area contributed by atoms with E-state index in [1.165, 1.54) is 0 Å². The summed E-state index contributed by atoms with van der Waals surface area (Å²) >= 11 is 0. The third-order valence-corrected chi connectivity index (χ3v) is 17.5. The van der Waals surface area contributed by atoms with E-state index in [2.05, 4.69) is 36.9 Å². The van der Waals surface area contributed by atoms with Crippen LogP contribution >= 0.6 is 0 Å². The van der Waals surface area contributed by atoms with E-state index in [-0.39, 0.29) is 40.7 Å². The average Bonchev–Trinajstić information content (AvgIpc) is 3.55. The maximum Gasteiger partial charge on any atom is 0.514 e. The lowest BCUT2D eigenvalue weighted by atomic mass is 9.57. The molecule has 1 aliphatic heterocycles. The number of likely N-dealkylation sites (tertiary alicyclic amines) is 1. The largest absolute Gasteiger partial charge is 0.514 e. The summed E-state index contributed by atoms with van der Waals surface area (Å²) in [4.78, 5) is 49.4. The Morgan fingerprint density at radius 3 is 2.33 bits per heavy atom. The number of carbonyl (C=O) groups excluding carboxylic acids is 3. The highest BCUT2D eigenvalue weighted by atomic mass is 28.4. The minimum absolute atomic E-state index is 0.0157. The van der Waals surface area contributed by atoms with Gasteiger partial charge in [0, 0.05) is 23.4 Å². The van der Waals surface area contributed by atoms with Crippen LogP contribution in [0.3, 0.4) is 0 Å². The van der Waals surface area contributed by atoms with Crippen molar-refractivity contribution in [3.63, 3.8) is 0 Å². The van der Waals surface area contributed by atoms with Crippen LogP contribution in [0.25, 0.3) is 16.5 Å². The van der Waals surface area contributed by atoms with Gasteiger partial charge in [0.05, 0.1) is 11.6 Å². The summed E-state index contributed by atoms with van der Waals surface area (Å²) < 4.78 is 31.3. The highest BCUT2D eigenvalue weighted by Crippen LogP contribution is 2.59. The van der Waals surface area contributed by atoms with Gasteiger partial charge in [-0.05, 0) is 125 Å². The number of aliphatic hydroxyl groups is 1. The van der Waals surface area contributed by atoms with Gasteiger partial charge >= 0.3 is 6.16 Å². The molecule has 3 aromatic carbocycles. The Labute approximate surface area is 352 Å². The molecule has 12 nitrogen and oxygen atoms in total. The molecule has 1 saturated carbocycles. The summed E-state index contributed by atoms with van der Waals surface area (Å²) in [5, 5.41) is 18.0. The number of nitrogens with zero attached hydrogens (tertiary/aromatic N) is 3. The minimum atomic E-state index is -2.95. The molecule has 4 atom stereocenters. The molecule has 1 aromatic heterocycles. The van der Waals surface area contributed by atoms with Crippen molar-refractivity contribution >= 4 is 42.6 Å². The molecule has 60 heavy (non-hydrogen) atoms. The lowest BCUT2D eigenvalue weighted by Gasteiger charge is -2.55. The number of fused-ring (bicyclic) bond motifs is 5. The van der Waals surface area contributed by atoms with Crippen LogP contribution in [0.1, 0.15) is 98.8 Å². The predicted octanol–water partition coefficient (Wildman–Crippen LogP) is 9.22. The van der Waals surface area contributed by atoms with E-state index in [1.807, 2.05) is 80.6 Å². The monoisotopic (exact) mass is 835 g/mol. The Bertz CT molecular complexity index is 2400. The topological polar surface area (TPSA) is 141 Å². The van der Waals surface area contributed by atoms with E-state index >= 15 is 9.59 Å². The van der Waals surface area contributed by atoms with Crippen molar-refractivity contribution in [3.05, 3.63) is 93.7 Å². The van der Waals surface area contributed by atoms with Crippen molar-refractivity contribution in [3.8, 4) is 11.6 Å². The van der Waals surface area contributed by atoms with Crippen LogP contribution in [0.2, 0.25) is 18.1 Å². The van der Waals surface area contributed by atoms with Gasteiger partial charge in [-0.3, -0.25) is 19.4 Å². The molecule has 3 aliphatic carbocycles. The van der Waals surface area contributed by atoms with Gasteiger partial charge in [0.15, 0.2) is 25.4 Å². The second-order valence-corrected chi connectivity index (χ2v) is 24.4. The summed E-state index contributed by atoms with van der Waals surface area (Å²) in [5.41, 5.74) is 0.0708. The smallest absolute Gasteiger partial charge is 0.507 e. The van der Waals surface area contributed by atoms with Crippen LogP contribution in [0.15, 0.2) is 64.7 Å². The zero-order valence-corrected chi connectivity index (χ0v) is 37.4. The first-order chi connectivity index (χ1) is 28.2. The number of hydrogen-bond acceptors (Lipinski definition) is 12. The molecular weight excluding hydrogens is 779 g/mol. The fraction of sp³-hybridized carbons (Fsp3) is 0.489. The first-order valence-electron chi connectivity index (χ1n) is 21.0. The summed E-state index contributed by atoms with van der Waals surface area (Å²) in [7, 11) is 0.825. The Balaban J connectivity index is 1.32. The van der Waals surface area contributed by atoms with Crippen LogP contribution in [-0.4, -0.2) is 84.5 Å². The van der Waals surface area contributed by atoms with Crippen molar-refractivity contribution in [1.29, 1.82) is 0 Å².